The maximum absolute atomic E-state index is 13.6. The summed E-state index contributed by atoms with van der Waals surface area (Å²) in [5.74, 6) is 0.651. The molecule has 2 amide bonds. The van der Waals surface area contributed by atoms with Crippen molar-refractivity contribution in [3.8, 4) is 40.0 Å². The molecular weight excluding hydrogens is 542 g/mol. The summed E-state index contributed by atoms with van der Waals surface area (Å²) < 4.78 is 5.85. The minimum absolute atomic E-state index is 0.00768. The van der Waals surface area contributed by atoms with Gasteiger partial charge in [0.05, 0.1) is 22.2 Å². The number of anilines is 1. The molecule has 1 fully saturated rings. The summed E-state index contributed by atoms with van der Waals surface area (Å²) in [6, 6.07) is 38.1. The summed E-state index contributed by atoms with van der Waals surface area (Å²) >= 11 is 1.17. The molecule has 6 nitrogen and oxygen atoms in total. The molecule has 5 aromatic rings. The van der Waals surface area contributed by atoms with Crippen LogP contribution in [0.5, 0.6) is 11.5 Å². The number of aryl methyl sites for hydroxylation is 1. The number of rotatable bonds is 7. The lowest BCUT2D eigenvalue weighted by Gasteiger charge is -2.17. The maximum atomic E-state index is 13.6. The van der Waals surface area contributed by atoms with E-state index < -0.39 is 5.25 Å². The van der Waals surface area contributed by atoms with Crippen LogP contribution in [0.2, 0.25) is 0 Å². The van der Waals surface area contributed by atoms with Crippen LogP contribution in [0, 0.1) is 18.3 Å². The van der Waals surface area contributed by atoms with Crippen molar-refractivity contribution in [3.05, 3.63) is 126 Å². The lowest BCUT2D eigenvalue weighted by atomic mass is 9.98. The first-order valence-corrected chi connectivity index (χ1v) is 14.3. The van der Waals surface area contributed by atoms with Crippen molar-refractivity contribution in [2.45, 2.75) is 23.6 Å². The Bertz CT molecular complexity index is 1800. The molecule has 2 heterocycles. The van der Waals surface area contributed by atoms with Crippen molar-refractivity contribution in [2.75, 3.05) is 4.90 Å². The molecule has 1 unspecified atom stereocenters. The van der Waals surface area contributed by atoms with E-state index in [9.17, 15) is 14.9 Å². The van der Waals surface area contributed by atoms with Gasteiger partial charge in [0.1, 0.15) is 22.6 Å². The van der Waals surface area contributed by atoms with Crippen LogP contribution >= 0.6 is 11.8 Å². The number of carbonyl (C=O) groups is 2. The van der Waals surface area contributed by atoms with Gasteiger partial charge in [-0.2, -0.15) is 5.26 Å². The van der Waals surface area contributed by atoms with E-state index >= 15 is 0 Å². The molecule has 0 N–H and O–H groups in total. The maximum Gasteiger partial charge on any atom is 0.247 e. The summed E-state index contributed by atoms with van der Waals surface area (Å²) in [7, 11) is 0. The molecule has 6 rings (SSSR count). The van der Waals surface area contributed by atoms with Crippen molar-refractivity contribution in [3.63, 3.8) is 0 Å². The molecule has 1 aliphatic rings. The van der Waals surface area contributed by atoms with Crippen LogP contribution in [-0.4, -0.2) is 22.0 Å². The van der Waals surface area contributed by atoms with Gasteiger partial charge in [-0.15, -0.1) is 0 Å². The Morgan fingerprint density at radius 3 is 2.14 bits per heavy atom. The minimum Gasteiger partial charge on any atom is -0.457 e. The molecule has 4 aromatic carbocycles. The van der Waals surface area contributed by atoms with Gasteiger partial charge in [0.15, 0.2) is 0 Å². The van der Waals surface area contributed by atoms with E-state index in [2.05, 4.69) is 6.07 Å². The highest BCUT2D eigenvalue weighted by Gasteiger charge is 2.41. The van der Waals surface area contributed by atoms with Gasteiger partial charge in [0, 0.05) is 17.5 Å². The van der Waals surface area contributed by atoms with Gasteiger partial charge in [0.25, 0.3) is 0 Å². The monoisotopic (exact) mass is 567 g/mol. The summed E-state index contributed by atoms with van der Waals surface area (Å²) in [5.41, 5.74) is 5.16. The number of para-hydroxylation sites is 1. The van der Waals surface area contributed by atoms with E-state index in [1.807, 2.05) is 97.9 Å². The number of thioether (sulfide) groups is 1. The highest BCUT2D eigenvalue weighted by Crippen LogP contribution is 2.39. The van der Waals surface area contributed by atoms with Gasteiger partial charge in [0.2, 0.25) is 11.8 Å². The largest absolute Gasteiger partial charge is 0.457 e. The fourth-order valence-corrected chi connectivity index (χ4v) is 5.95. The SMILES string of the molecule is Cc1ccc(-c2cc(-c3ccccc3)nc(SC3CC(=O)N(c4ccc(Oc5ccccc5)cc4)C3=O)c2C#N)cc1. The number of nitriles is 1. The molecule has 1 saturated heterocycles. The predicted octanol–water partition coefficient (Wildman–Crippen LogP) is 7.81. The lowest BCUT2D eigenvalue weighted by molar-refractivity contribution is -0.121. The van der Waals surface area contributed by atoms with E-state index in [0.717, 1.165) is 22.3 Å². The fourth-order valence-electron chi connectivity index (χ4n) is 4.82. The summed E-state index contributed by atoms with van der Waals surface area (Å²) in [5, 5.41) is 9.96. The summed E-state index contributed by atoms with van der Waals surface area (Å²) in [4.78, 5) is 32.7. The summed E-state index contributed by atoms with van der Waals surface area (Å²) in [6.07, 6.45) is 0.00768. The number of aromatic nitrogens is 1. The molecule has 0 spiro atoms. The first-order chi connectivity index (χ1) is 20.5. The van der Waals surface area contributed by atoms with Crippen molar-refractivity contribution >= 4 is 29.3 Å². The van der Waals surface area contributed by atoms with E-state index in [0.29, 0.717) is 33.5 Å². The van der Waals surface area contributed by atoms with Gasteiger partial charge >= 0.3 is 0 Å². The van der Waals surface area contributed by atoms with Crippen molar-refractivity contribution < 1.29 is 14.3 Å². The molecule has 204 valence electrons. The Hall–Kier alpha value is -5.19. The first kappa shape index (κ1) is 27.0. The van der Waals surface area contributed by atoms with Gasteiger partial charge in [-0.25, -0.2) is 9.88 Å². The molecule has 7 heteroatoms. The Kier molecular flexibility index (Phi) is 7.54. The van der Waals surface area contributed by atoms with Gasteiger partial charge < -0.3 is 4.74 Å². The van der Waals surface area contributed by atoms with Crippen molar-refractivity contribution in [2.24, 2.45) is 0 Å². The van der Waals surface area contributed by atoms with E-state index in [1.165, 1.54) is 16.7 Å². The molecule has 1 aliphatic heterocycles. The zero-order valence-electron chi connectivity index (χ0n) is 22.7. The first-order valence-electron chi connectivity index (χ1n) is 13.4. The second-order valence-corrected chi connectivity index (χ2v) is 11.1. The number of ether oxygens (including phenoxy) is 1. The van der Waals surface area contributed by atoms with E-state index in [-0.39, 0.29) is 18.2 Å². The van der Waals surface area contributed by atoms with Crippen LogP contribution in [0.4, 0.5) is 5.69 Å². The van der Waals surface area contributed by atoms with Gasteiger partial charge in [-0.3, -0.25) is 9.59 Å². The smallest absolute Gasteiger partial charge is 0.247 e. The Labute approximate surface area is 248 Å². The zero-order chi connectivity index (χ0) is 29.1. The molecule has 0 aliphatic carbocycles. The minimum atomic E-state index is -0.714. The fraction of sp³-hybridized carbons (Fsp3) is 0.0857. The third-order valence-corrected chi connectivity index (χ3v) is 8.13. The lowest BCUT2D eigenvalue weighted by Crippen LogP contribution is -2.31. The van der Waals surface area contributed by atoms with Crippen LogP contribution in [-0.2, 0) is 9.59 Å². The van der Waals surface area contributed by atoms with E-state index in [4.69, 9.17) is 9.72 Å². The third-order valence-electron chi connectivity index (χ3n) is 6.96. The number of nitrogens with zero attached hydrogens (tertiary/aromatic N) is 3. The second-order valence-electron chi connectivity index (χ2n) is 9.87. The molecule has 1 atom stereocenters. The zero-order valence-corrected chi connectivity index (χ0v) is 23.5. The average Bonchev–Trinajstić information content (AvgIpc) is 3.30. The van der Waals surface area contributed by atoms with E-state index in [1.54, 1.807) is 24.3 Å². The molecule has 1 aromatic heterocycles. The topological polar surface area (TPSA) is 83.3 Å². The number of amides is 2. The molecule has 0 bridgehead atoms. The summed E-state index contributed by atoms with van der Waals surface area (Å²) in [6.45, 7) is 2.01. The predicted molar refractivity (Wildman–Crippen MR) is 164 cm³/mol. The number of carbonyl (C=O) groups excluding carboxylic acids is 2. The Morgan fingerprint density at radius 1 is 0.833 bits per heavy atom. The standard InChI is InChI=1S/C35H25N3O3S/c1-23-12-14-24(15-13-23)29-20-31(25-8-4-2-5-9-25)37-34(30(29)22-36)42-32-21-33(39)38(35(32)40)26-16-18-28(19-17-26)41-27-10-6-3-7-11-27/h2-20,32H,21H2,1H3. The number of benzene rings is 4. The average molecular weight is 568 g/mol. The Morgan fingerprint density at radius 2 is 1.48 bits per heavy atom. The highest BCUT2D eigenvalue weighted by molar-refractivity contribution is 8.00. The molecule has 0 saturated carbocycles. The van der Waals surface area contributed by atoms with Crippen molar-refractivity contribution in [1.82, 2.24) is 4.98 Å². The normalized spacial score (nSPS) is 14.6. The number of hydrogen-bond donors (Lipinski definition) is 0. The van der Waals surface area contributed by atoms with Crippen LogP contribution in [0.25, 0.3) is 22.4 Å². The number of imide groups is 1. The van der Waals surface area contributed by atoms with Gasteiger partial charge in [-0.05, 0) is 55.0 Å². The Balaban J connectivity index is 1.31. The highest BCUT2D eigenvalue weighted by atomic mass is 32.2. The molecule has 0 radical (unpaired) electrons. The number of pyridine rings is 1. The molecule has 42 heavy (non-hydrogen) atoms. The van der Waals surface area contributed by atoms with Crippen LogP contribution in [0.1, 0.15) is 17.5 Å². The van der Waals surface area contributed by atoms with Gasteiger partial charge in [-0.1, -0.05) is 90.1 Å². The third kappa shape index (κ3) is 5.53. The van der Waals surface area contributed by atoms with Crippen LogP contribution in [0.15, 0.2) is 120 Å². The van der Waals surface area contributed by atoms with Crippen molar-refractivity contribution in [1.29, 1.82) is 5.26 Å². The van der Waals surface area contributed by atoms with Crippen LogP contribution < -0.4 is 9.64 Å². The molecular formula is C35H25N3O3S. The second kappa shape index (κ2) is 11.7. The number of hydrogen-bond acceptors (Lipinski definition) is 6. The quantitative estimate of drug-likeness (QED) is 0.187. The van der Waals surface area contributed by atoms with Crippen LogP contribution in [0.3, 0.4) is 0 Å².